The highest BCUT2D eigenvalue weighted by Gasteiger charge is 2.25. The van der Waals surface area contributed by atoms with Crippen molar-refractivity contribution in [3.63, 3.8) is 0 Å². The van der Waals surface area contributed by atoms with E-state index in [0.717, 1.165) is 19.4 Å². The van der Waals surface area contributed by atoms with E-state index >= 15 is 0 Å². The normalized spacial score (nSPS) is 25.1. The number of amides is 1. The molecule has 0 bridgehead atoms. The molecule has 2 rings (SSSR count). The van der Waals surface area contributed by atoms with Crippen molar-refractivity contribution < 1.29 is 4.79 Å². The molecule has 1 amide bonds. The Morgan fingerprint density at radius 3 is 2.62 bits per heavy atom. The Kier molecular flexibility index (Phi) is 3.57. The van der Waals surface area contributed by atoms with Crippen molar-refractivity contribution >= 4 is 5.91 Å². The molecule has 0 aliphatic carbocycles. The van der Waals surface area contributed by atoms with Crippen molar-refractivity contribution in [3.05, 3.63) is 35.9 Å². The summed E-state index contributed by atoms with van der Waals surface area (Å²) < 4.78 is 0. The zero-order chi connectivity index (χ0) is 11.4. The third-order valence-electron chi connectivity index (χ3n) is 3.23. The first-order chi connectivity index (χ1) is 7.81. The fourth-order valence-corrected chi connectivity index (χ4v) is 2.25. The van der Waals surface area contributed by atoms with Crippen molar-refractivity contribution in [2.45, 2.75) is 18.9 Å². The lowest BCUT2D eigenvalue weighted by molar-refractivity contribution is -0.125. The molecule has 1 saturated heterocycles. The Morgan fingerprint density at radius 2 is 2.06 bits per heavy atom. The SMILES string of the molecule is CNC(=O)C1CCC(c2ccccc2)NC1. The van der Waals surface area contributed by atoms with Gasteiger partial charge in [0, 0.05) is 19.6 Å². The number of carbonyl (C=O) groups is 1. The van der Waals surface area contributed by atoms with Gasteiger partial charge < -0.3 is 10.6 Å². The van der Waals surface area contributed by atoms with E-state index in [2.05, 4.69) is 34.9 Å². The summed E-state index contributed by atoms with van der Waals surface area (Å²) in [6.45, 7) is 0.777. The van der Waals surface area contributed by atoms with Gasteiger partial charge in [0.15, 0.2) is 0 Å². The third-order valence-corrected chi connectivity index (χ3v) is 3.23. The Balaban J connectivity index is 1.93. The number of hydrogen-bond acceptors (Lipinski definition) is 2. The van der Waals surface area contributed by atoms with E-state index in [0.29, 0.717) is 6.04 Å². The van der Waals surface area contributed by atoms with E-state index in [-0.39, 0.29) is 11.8 Å². The number of hydrogen-bond donors (Lipinski definition) is 2. The van der Waals surface area contributed by atoms with Gasteiger partial charge in [-0.1, -0.05) is 30.3 Å². The van der Waals surface area contributed by atoms with Crippen molar-refractivity contribution in [1.29, 1.82) is 0 Å². The van der Waals surface area contributed by atoms with E-state index < -0.39 is 0 Å². The van der Waals surface area contributed by atoms with Crippen LogP contribution in [0.15, 0.2) is 30.3 Å². The second kappa shape index (κ2) is 5.12. The molecular formula is C13H18N2O. The maximum atomic E-state index is 11.5. The summed E-state index contributed by atoms with van der Waals surface area (Å²) >= 11 is 0. The third kappa shape index (κ3) is 2.42. The molecule has 0 aromatic heterocycles. The van der Waals surface area contributed by atoms with Gasteiger partial charge in [0.25, 0.3) is 0 Å². The summed E-state index contributed by atoms with van der Waals surface area (Å²) in [7, 11) is 1.70. The maximum absolute atomic E-state index is 11.5. The number of piperidine rings is 1. The largest absolute Gasteiger partial charge is 0.359 e. The quantitative estimate of drug-likeness (QED) is 0.789. The molecule has 2 unspecified atom stereocenters. The molecule has 1 fully saturated rings. The molecule has 1 aliphatic heterocycles. The molecule has 0 spiro atoms. The van der Waals surface area contributed by atoms with Gasteiger partial charge in [0.1, 0.15) is 0 Å². The monoisotopic (exact) mass is 218 g/mol. The van der Waals surface area contributed by atoms with E-state index in [4.69, 9.17) is 0 Å². The minimum Gasteiger partial charge on any atom is -0.359 e. The van der Waals surface area contributed by atoms with Gasteiger partial charge in [-0.15, -0.1) is 0 Å². The number of rotatable bonds is 2. The minimum absolute atomic E-state index is 0.130. The second-order valence-corrected chi connectivity index (χ2v) is 4.26. The molecule has 2 atom stereocenters. The van der Waals surface area contributed by atoms with Crippen LogP contribution in [-0.4, -0.2) is 19.5 Å². The highest BCUT2D eigenvalue weighted by Crippen LogP contribution is 2.25. The van der Waals surface area contributed by atoms with E-state index in [1.54, 1.807) is 7.05 Å². The Morgan fingerprint density at radius 1 is 1.31 bits per heavy atom. The molecular weight excluding hydrogens is 200 g/mol. The molecule has 1 aromatic rings. The second-order valence-electron chi connectivity index (χ2n) is 4.26. The Labute approximate surface area is 96.2 Å². The summed E-state index contributed by atoms with van der Waals surface area (Å²) in [6, 6.07) is 10.8. The fourth-order valence-electron chi connectivity index (χ4n) is 2.25. The van der Waals surface area contributed by atoms with Crippen LogP contribution < -0.4 is 10.6 Å². The van der Waals surface area contributed by atoms with Crippen LogP contribution in [0.4, 0.5) is 0 Å². The molecule has 0 saturated carbocycles. The molecule has 1 heterocycles. The molecule has 2 N–H and O–H groups in total. The average Bonchev–Trinajstić information content (AvgIpc) is 2.39. The average molecular weight is 218 g/mol. The van der Waals surface area contributed by atoms with Crippen LogP contribution >= 0.6 is 0 Å². The highest BCUT2D eigenvalue weighted by atomic mass is 16.1. The summed E-state index contributed by atoms with van der Waals surface area (Å²) in [4.78, 5) is 11.5. The fraction of sp³-hybridized carbons (Fsp3) is 0.462. The number of carbonyl (C=O) groups excluding carboxylic acids is 1. The zero-order valence-corrected chi connectivity index (χ0v) is 9.57. The van der Waals surface area contributed by atoms with E-state index in [1.165, 1.54) is 5.56 Å². The van der Waals surface area contributed by atoms with Crippen LogP contribution in [0.25, 0.3) is 0 Å². The molecule has 3 nitrogen and oxygen atoms in total. The Bertz CT molecular complexity index is 342. The van der Waals surface area contributed by atoms with Gasteiger partial charge in [0.05, 0.1) is 5.92 Å². The van der Waals surface area contributed by atoms with Crippen LogP contribution in [0.3, 0.4) is 0 Å². The van der Waals surface area contributed by atoms with Crippen LogP contribution in [-0.2, 0) is 4.79 Å². The summed E-state index contributed by atoms with van der Waals surface area (Å²) in [5, 5.41) is 6.15. The van der Waals surface area contributed by atoms with Crippen LogP contribution in [0.1, 0.15) is 24.4 Å². The van der Waals surface area contributed by atoms with Crippen LogP contribution in [0.2, 0.25) is 0 Å². The lowest BCUT2D eigenvalue weighted by Crippen LogP contribution is -2.40. The standard InChI is InChI=1S/C13H18N2O/c1-14-13(16)11-7-8-12(15-9-11)10-5-3-2-4-6-10/h2-6,11-12,15H,7-9H2,1H3,(H,14,16). The highest BCUT2D eigenvalue weighted by molar-refractivity contribution is 5.78. The maximum Gasteiger partial charge on any atom is 0.224 e. The minimum atomic E-state index is 0.130. The molecule has 1 aromatic carbocycles. The van der Waals surface area contributed by atoms with Gasteiger partial charge in [-0.05, 0) is 18.4 Å². The van der Waals surface area contributed by atoms with Gasteiger partial charge in [0.2, 0.25) is 5.91 Å². The summed E-state index contributed by atoms with van der Waals surface area (Å²) in [6.07, 6.45) is 1.99. The Hall–Kier alpha value is -1.35. The van der Waals surface area contributed by atoms with Crippen molar-refractivity contribution in [2.75, 3.05) is 13.6 Å². The topological polar surface area (TPSA) is 41.1 Å². The van der Waals surface area contributed by atoms with Crippen molar-refractivity contribution in [1.82, 2.24) is 10.6 Å². The summed E-state index contributed by atoms with van der Waals surface area (Å²) in [5.41, 5.74) is 1.32. The van der Waals surface area contributed by atoms with Gasteiger partial charge in [-0.2, -0.15) is 0 Å². The zero-order valence-electron chi connectivity index (χ0n) is 9.57. The number of benzene rings is 1. The number of nitrogens with one attached hydrogen (secondary N) is 2. The first kappa shape index (κ1) is 11.1. The molecule has 16 heavy (non-hydrogen) atoms. The predicted molar refractivity (Wildman–Crippen MR) is 64.0 cm³/mol. The van der Waals surface area contributed by atoms with Gasteiger partial charge >= 0.3 is 0 Å². The van der Waals surface area contributed by atoms with E-state index in [1.807, 2.05) is 6.07 Å². The lowest BCUT2D eigenvalue weighted by Gasteiger charge is -2.29. The van der Waals surface area contributed by atoms with Gasteiger partial charge in [-0.25, -0.2) is 0 Å². The van der Waals surface area contributed by atoms with Crippen molar-refractivity contribution in [2.24, 2.45) is 5.92 Å². The summed E-state index contributed by atoms with van der Waals surface area (Å²) in [5.74, 6) is 0.281. The smallest absolute Gasteiger partial charge is 0.224 e. The molecule has 3 heteroatoms. The first-order valence-electron chi connectivity index (χ1n) is 5.81. The lowest BCUT2D eigenvalue weighted by atomic mass is 9.90. The van der Waals surface area contributed by atoms with E-state index in [9.17, 15) is 4.79 Å². The van der Waals surface area contributed by atoms with Gasteiger partial charge in [-0.3, -0.25) is 4.79 Å². The molecule has 0 radical (unpaired) electrons. The van der Waals surface area contributed by atoms with Crippen LogP contribution in [0.5, 0.6) is 0 Å². The van der Waals surface area contributed by atoms with Crippen molar-refractivity contribution in [3.8, 4) is 0 Å². The molecule has 1 aliphatic rings. The predicted octanol–water partition coefficient (Wildman–Crippen LogP) is 1.47. The first-order valence-corrected chi connectivity index (χ1v) is 5.81. The molecule has 86 valence electrons. The van der Waals surface area contributed by atoms with Crippen LogP contribution in [0, 0.1) is 5.92 Å².